The Kier molecular flexibility index (Phi) is 4.88. The van der Waals surface area contributed by atoms with Crippen LogP contribution in [0.4, 0.5) is 0 Å². The zero-order valence-electron chi connectivity index (χ0n) is 9.96. The predicted molar refractivity (Wildman–Crippen MR) is 85.7 cm³/mol. The highest BCUT2D eigenvalue weighted by Gasteiger charge is 2.11. The highest BCUT2D eigenvalue weighted by Crippen LogP contribution is 2.31. The van der Waals surface area contributed by atoms with Gasteiger partial charge in [-0.3, -0.25) is 0 Å². The van der Waals surface area contributed by atoms with E-state index in [-0.39, 0.29) is 4.83 Å². The van der Waals surface area contributed by atoms with Gasteiger partial charge in [0.25, 0.3) is 0 Å². The molecule has 94 valence electrons. The first-order chi connectivity index (χ1) is 8.56. The van der Waals surface area contributed by atoms with Crippen molar-refractivity contribution in [3.63, 3.8) is 0 Å². The second-order valence-corrected chi connectivity index (χ2v) is 6.75. The predicted octanol–water partition coefficient (Wildman–Crippen LogP) is 6.09. The molecule has 0 aliphatic heterocycles. The Morgan fingerprint density at radius 3 is 2.56 bits per heavy atom. The van der Waals surface area contributed by atoms with Crippen LogP contribution in [0.25, 0.3) is 0 Å². The summed E-state index contributed by atoms with van der Waals surface area (Å²) in [6, 6.07) is 14.4. The molecule has 18 heavy (non-hydrogen) atoms. The van der Waals surface area contributed by atoms with Crippen molar-refractivity contribution in [1.29, 1.82) is 0 Å². The molecule has 0 radical (unpaired) electrons. The molecule has 1 unspecified atom stereocenters. The van der Waals surface area contributed by atoms with Gasteiger partial charge in [-0.05, 0) is 48.2 Å². The SMILES string of the molecule is Cc1cc(Br)cc(C(Br)Cc2ccccc2Cl)c1. The highest BCUT2D eigenvalue weighted by molar-refractivity contribution is 9.10. The Hall–Kier alpha value is -0.310. The van der Waals surface area contributed by atoms with Crippen LogP contribution in [0.1, 0.15) is 21.5 Å². The molecule has 0 nitrogen and oxygen atoms in total. The van der Waals surface area contributed by atoms with Crippen molar-refractivity contribution < 1.29 is 0 Å². The first-order valence-electron chi connectivity index (χ1n) is 5.71. The third-order valence-electron chi connectivity index (χ3n) is 2.78. The molecule has 0 aliphatic carbocycles. The van der Waals surface area contributed by atoms with Crippen LogP contribution >= 0.6 is 43.5 Å². The summed E-state index contributed by atoms with van der Waals surface area (Å²) in [7, 11) is 0. The minimum atomic E-state index is 0.272. The van der Waals surface area contributed by atoms with Gasteiger partial charge >= 0.3 is 0 Å². The molecule has 0 aliphatic rings. The fraction of sp³-hybridized carbons (Fsp3) is 0.200. The monoisotopic (exact) mass is 386 g/mol. The molecular weight excluding hydrogens is 375 g/mol. The van der Waals surface area contributed by atoms with Gasteiger partial charge in [0.15, 0.2) is 0 Å². The molecule has 2 aromatic rings. The number of alkyl halides is 1. The van der Waals surface area contributed by atoms with Crippen LogP contribution < -0.4 is 0 Å². The molecule has 0 bridgehead atoms. The minimum Gasteiger partial charge on any atom is -0.0840 e. The Bertz CT molecular complexity index is 532. The Labute approximate surface area is 130 Å². The van der Waals surface area contributed by atoms with Crippen molar-refractivity contribution in [1.82, 2.24) is 0 Å². The van der Waals surface area contributed by atoms with E-state index in [0.717, 1.165) is 15.9 Å². The molecule has 0 saturated carbocycles. The van der Waals surface area contributed by atoms with Gasteiger partial charge < -0.3 is 0 Å². The maximum atomic E-state index is 6.19. The molecule has 0 aromatic heterocycles. The summed E-state index contributed by atoms with van der Waals surface area (Å²) in [5.74, 6) is 0. The van der Waals surface area contributed by atoms with Gasteiger partial charge in [-0.15, -0.1) is 0 Å². The van der Waals surface area contributed by atoms with Crippen LogP contribution in [-0.4, -0.2) is 0 Å². The van der Waals surface area contributed by atoms with Gasteiger partial charge in [0.2, 0.25) is 0 Å². The number of hydrogen-bond acceptors (Lipinski definition) is 0. The zero-order chi connectivity index (χ0) is 13.1. The van der Waals surface area contributed by atoms with Gasteiger partial charge in [-0.25, -0.2) is 0 Å². The lowest BCUT2D eigenvalue weighted by molar-refractivity contribution is 0.946. The maximum absolute atomic E-state index is 6.19. The second kappa shape index (κ2) is 6.23. The minimum absolute atomic E-state index is 0.272. The molecule has 3 heteroatoms. The van der Waals surface area contributed by atoms with Crippen LogP contribution in [0, 0.1) is 6.92 Å². The standard InChI is InChI=1S/C15H13Br2Cl/c1-10-6-12(8-13(16)7-10)14(17)9-11-4-2-3-5-15(11)18/h2-8,14H,9H2,1H3. The largest absolute Gasteiger partial charge is 0.0840 e. The van der Waals surface area contributed by atoms with Gasteiger partial charge in [0, 0.05) is 14.3 Å². The summed E-state index contributed by atoms with van der Waals surface area (Å²) in [4.78, 5) is 0.272. The van der Waals surface area contributed by atoms with Crippen LogP contribution in [0.3, 0.4) is 0 Å². The Morgan fingerprint density at radius 2 is 1.89 bits per heavy atom. The number of benzene rings is 2. The van der Waals surface area contributed by atoms with Crippen molar-refractivity contribution in [3.8, 4) is 0 Å². The summed E-state index contributed by atoms with van der Waals surface area (Å²) in [6.07, 6.45) is 0.884. The maximum Gasteiger partial charge on any atom is 0.0438 e. The topological polar surface area (TPSA) is 0 Å². The summed E-state index contributed by atoms with van der Waals surface area (Å²) < 4.78 is 1.11. The molecule has 0 N–H and O–H groups in total. The van der Waals surface area contributed by atoms with E-state index in [1.165, 1.54) is 16.7 Å². The van der Waals surface area contributed by atoms with E-state index >= 15 is 0 Å². The number of hydrogen-bond donors (Lipinski definition) is 0. The molecule has 0 amide bonds. The summed E-state index contributed by atoms with van der Waals surface area (Å²) >= 11 is 13.5. The Balaban J connectivity index is 2.22. The van der Waals surface area contributed by atoms with Crippen molar-refractivity contribution in [2.24, 2.45) is 0 Å². The van der Waals surface area contributed by atoms with Gasteiger partial charge in [0.1, 0.15) is 0 Å². The number of halogens is 3. The van der Waals surface area contributed by atoms with E-state index in [1.807, 2.05) is 18.2 Å². The van der Waals surface area contributed by atoms with E-state index in [4.69, 9.17) is 11.6 Å². The van der Waals surface area contributed by atoms with Crippen LogP contribution in [0.5, 0.6) is 0 Å². The van der Waals surface area contributed by atoms with Crippen molar-refractivity contribution in [2.75, 3.05) is 0 Å². The van der Waals surface area contributed by atoms with E-state index in [9.17, 15) is 0 Å². The smallest absolute Gasteiger partial charge is 0.0438 e. The van der Waals surface area contributed by atoms with E-state index in [2.05, 4.69) is 63.0 Å². The summed E-state index contributed by atoms with van der Waals surface area (Å²) in [6.45, 7) is 2.10. The number of rotatable bonds is 3. The third-order valence-corrected chi connectivity index (χ3v) is 4.46. The number of aryl methyl sites for hydroxylation is 1. The van der Waals surface area contributed by atoms with E-state index in [1.54, 1.807) is 0 Å². The van der Waals surface area contributed by atoms with Gasteiger partial charge in [-0.1, -0.05) is 67.7 Å². The van der Waals surface area contributed by atoms with Gasteiger partial charge in [0.05, 0.1) is 0 Å². The lowest BCUT2D eigenvalue weighted by Gasteiger charge is -2.13. The molecular formula is C15H13Br2Cl. The summed E-state index contributed by atoms with van der Waals surface area (Å²) in [5.41, 5.74) is 3.68. The highest BCUT2D eigenvalue weighted by atomic mass is 79.9. The second-order valence-electron chi connectivity index (χ2n) is 4.32. The third kappa shape index (κ3) is 3.59. The molecule has 1 atom stereocenters. The van der Waals surface area contributed by atoms with Crippen LogP contribution in [0.15, 0.2) is 46.9 Å². The average molecular weight is 389 g/mol. The quantitative estimate of drug-likeness (QED) is 0.558. The molecule has 0 spiro atoms. The molecule has 0 heterocycles. The lowest BCUT2D eigenvalue weighted by Crippen LogP contribution is -1.97. The first kappa shape index (κ1) is 14.1. The first-order valence-corrected chi connectivity index (χ1v) is 7.79. The van der Waals surface area contributed by atoms with Crippen molar-refractivity contribution >= 4 is 43.5 Å². The molecule has 2 rings (SSSR count). The lowest BCUT2D eigenvalue weighted by atomic mass is 10.0. The van der Waals surface area contributed by atoms with E-state index < -0.39 is 0 Å². The van der Waals surface area contributed by atoms with Crippen molar-refractivity contribution in [3.05, 3.63) is 68.7 Å². The summed E-state index contributed by atoms with van der Waals surface area (Å²) in [5, 5.41) is 0.827. The average Bonchev–Trinajstić information content (AvgIpc) is 2.31. The van der Waals surface area contributed by atoms with Crippen LogP contribution in [-0.2, 0) is 6.42 Å². The molecule has 0 saturated heterocycles. The zero-order valence-corrected chi connectivity index (χ0v) is 13.9. The van der Waals surface area contributed by atoms with E-state index in [0.29, 0.717) is 0 Å². The molecule has 0 fully saturated rings. The Morgan fingerprint density at radius 1 is 1.17 bits per heavy atom. The fourth-order valence-corrected chi connectivity index (χ4v) is 3.37. The molecule has 2 aromatic carbocycles. The fourth-order valence-electron chi connectivity index (χ4n) is 1.92. The normalized spacial score (nSPS) is 12.4. The van der Waals surface area contributed by atoms with Crippen LogP contribution in [0.2, 0.25) is 5.02 Å². The van der Waals surface area contributed by atoms with Gasteiger partial charge in [-0.2, -0.15) is 0 Å². The van der Waals surface area contributed by atoms with Crippen molar-refractivity contribution in [2.45, 2.75) is 18.2 Å².